The first-order valence-electron chi connectivity index (χ1n) is 6.60. The molecule has 0 radical (unpaired) electrons. The largest absolute Gasteiger partial charge is 0.495 e. The van der Waals surface area contributed by atoms with Crippen LogP contribution in [0.5, 0.6) is 11.5 Å². The predicted octanol–water partition coefficient (Wildman–Crippen LogP) is 3.21. The van der Waals surface area contributed by atoms with Gasteiger partial charge >= 0.3 is 0 Å². The molecule has 4 nitrogen and oxygen atoms in total. The average Bonchev–Trinajstić information content (AvgIpc) is 2.54. The summed E-state index contributed by atoms with van der Waals surface area (Å²) in [6, 6.07) is 15.6. The first-order valence-corrected chi connectivity index (χ1v) is 6.60. The molecule has 0 saturated heterocycles. The van der Waals surface area contributed by atoms with Crippen molar-refractivity contribution in [3.63, 3.8) is 0 Å². The molecule has 0 atom stereocenters. The molecule has 0 amide bonds. The number of anilines is 1. The number of nitrogens with zero attached hydrogens (tertiary/aromatic N) is 2. The van der Waals surface area contributed by atoms with E-state index in [0.717, 1.165) is 17.0 Å². The van der Waals surface area contributed by atoms with Crippen molar-refractivity contribution in [1.82, 2.24) is 0 Å². The molecule has 2 aromatic rings. The molecule has 108 valence electrons. The van der Waals surface area contributed by atoms with Crippen molar-refractivity contribution in [2.45, 2.75) is 6.54 Å². The second-order valence-electron chi connectivity index (χ2n) is 4.67. The lowest BCUT2D eigenvalue weighted by molar-refractivity contribution is 0.412. The maximum atomic E-state index is 9.01. The van der Waals surface area contributed by atoms with E-state index in [4.69, 9.17) is 14.7 Å². The zero-order chi connectivity index (χ0) is 15.2. The van der Waals surface area contributed by atoms with Gasteiger partial charge in [-0.1, -0.05) is 18.2 Å². The van der Waals surface area contributed by atoms with Crippen LogP contribution in [0.4, 0.5) is 5.69 Å². The Morgan fingerprint density at radius 2 is 1.76 bits per heavy atom. The van der Waals surface area contributed by atoms with Gasteiger partial charge in [-0.15, -0.1) is 0 Å². The summed E-state index contributed by atoms with van der Waals surface area (Å²) in [5.41, 5.74) is 2.63. The summed E-state index contributed by atoms with van der Waals surface area (Å²) in [5.74, 6) is 1.43. The summed E-state index contributed by atoms with van der Waals surface area (Å²) in [6.07, 6.45) is 0. The van der Waals surface area contributed by atoms with Crippen molar-refractivity contribution in [1.29, 1.82) is 5.26 Å². The Kier molecular flexibility index (Phi) is 4.68. The molecule has 0 bridgehead atoms. The number of hydrogen-bond donors (Lipinski definition) is 0. The number of benzene rings is 2. The van der Waals surface area contributed by atoms with Crippen LogP contribution in [-0.4, -0.2) is 21.3 Å². The maximum absolute atomic E-state index is 9.01. The molecule has 0 spiro atoms. The minimum atomic E-state index is 0.543. The molecule has 0 aromatic heterocycles. The van der Waals surface area contributed by atoms with Gasteiger partial charge in [0.1, 0.15) is 17.6 Å². The Hall–Kier alpha value is -2.67. The maximum Gasteiger partial charge on any atom is 0.142 e. The number of rotatable bonds is 5. The second-order valence-corrected chi connectivity index (χ2v) is 4.67. The first kappa shape index (κ1) is 14.7. The molecule has 21 heavy (non-hydrogen) atoms. The number of para-hydroxylation sites is 2. The molecule has 0 saturated carbocycles. The van der Waals surface area contributed by atoms with Crippen LogP contribution in [-0.2, 0) is 6.54 Å². The molecule has 0 aliphatic carbocycles. The van der Waals surface area contributed by atoms with E-state index >= 15 is 0 Å². The van der Waals surface area contributed by atoms with Gasteiger partial charge in [-0.25, -0.2) is 0 Å². The summed E-state index contributed by atoms with van der Waals surface area (Å²) in [5, 5.41) is 9.01. The van der Waals surface area contributed by atoms with Crippen molar-refractivity contribution in [2.24, 2.45) is 0 Å². The van der Waals surface area contributed by atoms with E-state index in [9.17, 15) is 0 Å². The molecule has 2 aromatic carbocycles. The van der Waals surface area contributed by atoms with Crippen molar-refractivity contribution in [2.75, 3.05) is 26.2 Å². The highest BCUT2D eigenvalue weighted by molar-refractivity contribution is 5.58. The quantitative estimate of drug-likeness (QED) is 0.844. The molecule has 2 rings (SSSR count). The predicted molar refractivity (Wildman–Crippen MR) is 82.8 cm³/mol. The topological polar surface area (TPSA) is 45.5 Å². The first-order chi connectivity index (χ1) is 10.2. The fourth-order valence-corrected chi connectivity index (χ4v) is 2.23. The zero-order valence-electron chi connectivity index (χ0n) is 12.5. The van der Waals surface area contributed by atoms with Crippen LogP contribution in [0, 0.1) is 11.3 Å². The SMILES string of the molecule is COc1cc(CN(C)c2ccccc2OC)ccc1C#N. The molecule has 0 aliphatic heterocycles. The van der Waals surface area contributed by atoms with Crippen LogP contribution >= 0.6 is 0 Å². The molecule has 0 aliphatic rings. The van der Waals surface area contributed by atoms with Gasteiger partial charge in [0.2, 0.25) is 0 Å². The number of hydrogen-bond acceptors (Lipinski definition) is 4. The van der Waals surface area contributed by atoms with Gasteiger partial charge in [-0.2, -0.15) is 5.26 Å². The second kappa shape index (κ2) is 6.67. The fourth-order valence-electron chi connectivity index (χ4n) is 2.23. The van der Waals surface area contributed by atoms with Crippen molar-refractivity contribution in [3.8, 4) is 17.6 Å². The van der Waals surface area contributed by atoms with Crippen LogP contribution in [0.2, 0.25) is 0 Å². The Balaban J connectivity index is 2.23. The molecule has 0 heterocycles. The highest BCUT2D eigenvalue weighted by Gasteiger charge is 2.09. The number of nitriles is 1. The summed E-state index contributed by atoms with van der Waals surface area (Å²) in [7, 11) is 5.24. The highest BCUT2D eigenvalue weighted by atomic mass is 16.5. The average molecular weight is 282 g/mol. The van der Waals surface area contributed by atoms with Crippen molar-refractivity contribution in [3.05, 3.63) is 53.6 Å². The molecule has 4 heteroatoms. The molecular formula is C17H18N2O2. The van der Waals surface area contributed by atoms with Crippen LogP contribution < -0.4 is 14.4 Å². The van der Waals surface area contributed by atoms with E-state index in [1.165, 1.54) is 0 Å². The van der Waals surface area contributed by atoms with Crippen LogP contribution in [0.3, 0.4) is 0 Å². The minimum absolute atomic E-state index is 0.543. The number of ether oxygens (including phenoxy) is 2. The Morgan fingerprint density at radius 3 is 2.43 bits per heavy atom. The summed E-state index contributed by atoms with van der Waals surface area (Å²) in [4.78, 5) is 2.10. The molecular weight excluding hydrogens is 264 g/mol. The van der Waals surface area contributed by atoms with Crippen LogP contribution in [0.1, 0.15) is 11.1 Å². The third-order valence-electron chi connectivity index (χ3n) is 3.30. The van der Waals surface area contributed by atoms with Gasteiger partial charge in [0, 0.05) is 13.6 Å². The monoisotopic (exact) mass is 282 g/mol. The zero-order valence-corrected chi connectivity index (χ0v) is 12.5. The van der Waals surface area contributed by atoms with Crippen LogP contribution in [0.15, 0.2) is 42.5 Å². The van der Waals surface area contributed by atoms with E-state index in [0.29, 0.717) is 17.9 Å². The van der Waals surface area contributed by atoms with Gasteiger partial charge < -0.3 is 14.4 Å². The van der Waals surface area contributed by atoms with Crippen LogP contribution in [0.25, 0.3) is 0 Å². The van der Waals surface area contributed by atoms with E-state index in [1.54, 1.807) is 20.3 Å². The van der Waals surface area contributed by atoms with Gasteiger partial charge in [-0.05, 0) is 29.8 Å². The molecule has 0 fully saturated rings. The van der Waals surface area contributed by atoms with Gasteiger partial charge in [0.05, 0.1) is 25.5 Å². The Labute approximate surface area is 125 Å². The van der Waals surface area contributed by atoms with E-state index in [-0.39, 0.29) is 0 Å². The molecule has 0 unspecified atom stereocenters. The smallest absolute Gasteiger partial charge is 0.142 e. The third kappa shape index (κ3) is 3.26. The fraction of sp³-hybridized carbons (Fsp3) is 0.235. The minimum Gasteiger partial charge on any atom is -0.495 e. The normalized spacial score (nSPS) is 9.81. The third-order valence-corrected chi connectivity index (χ3v) is 3.30. The molecule has 0 N–H and O–H groups in total. The van der Waals surface area contributed by atoms with E-state index in [2.05, 4.69) is 11.0 Å². The lowest BCUT2D eigenvalue weighted by Gasteiger charge is -2.22. The van der Waals surface area contributed by atoms with E-state index < -0.39 is 0 Å². The van der Waals surface area contributed by atoms with Gasteiger partial charge in [0.25, 0.3) is 0 Å². The number of methoxy groups -OCH3 is 2. The standard InChI is InChI=1S/C17H18N2O2/c1-19(15-6-4-5-7-16(15)20-2)12-13-8-9-14(11-18)17(10-13)21-3/h4-10H,12H2,1-3H3. The lowest BCUT2D eigenvalue weighted by atomic mass is 10.1. The Morgan fingerprint density at radius 1 is 1.05 bits per heavy atom. The summed E-state index contributed by atoms with van der Waals surface area (Å²) >= 11 is 0. The van der Waals surface area contributed by atoms with E-state index in [1.807, 2.05) is 43.4 Å². The highest BCUT2D eigenvalue weighted by Crippen LogP contribution is 2.28. The Bertz CT molecular complexity index is 662. The van der Waals surface area contributed by atoms with Gasteiger partial charge in [0.15, 0.2) is 0 Å². The van der Waals surface area contributed by atoms with Crippen molar-refractivity contribution < 1.29 is 9.47 Å². The lowest BCUT2D eigenvalue weighted by Crippen LogP contribution is -2.17. The summed E-state index contributed by atoms with van der Waals surface area (Å²) < 4.78 is 10.6. The van der Waals surface area contributed by atoms with Gasteiger partial charge in [-0.3, -0.25) is 0 Å². The summed E-state index contributed by atoms with van der Waals surface area (Å²) in [6.45, 7) is 0.697. The van der Waals surface area contributed by atoms with Crippen molar-refractivity contribution >= 4 is 5.69 Å².